The van der Waals surface area contributed by atoms with E-state index in [-0.39, 0.29) is 11.9 Å². The molecule has 1 fully saturated rings. The van der Waals surface area contributed by atoms with E-state index in [2.05, 4.69) is 10.3 Å². The van der Waals surface area contributed by atoms with Crippen molar-refractivity contribution in [1.82, 2.24) is 14.9 Å². The highest BCUT2D eigenvalue weighted by Crippen LogP contribution is 2.15. The van der Waals surface area contributed by atoms with Crippen LogP contribution in [0.3, 0.4) is 0 Å². The molecule has 1 aliphatic rings. The average molecular weight is 221 g/mol. The van der Waals surface area contributed by atoms with Crippen molar-refractivity contribution in [2.45, 2.75) is 31.7 Å². The number of hydrogen-bond acceptors (Lipinski definition) is 3. The molecule has 2 rings (SSSR count). The van der Waals surface area contributed by atoms with E-state index in [0.29, 0.717) is 24.3 Å². The lowest BCUT2D eigenvalue weighted by Crippen LogP contribution is -2.38. The van der Waals surface area contributed by atoms with Gasteiger partial charge in [0.25, 0.3) is 5.91 Å². The molecule has 0 saturated heterocycles. The van der Waals surface area contributed by atoms with Gasteiger partial charge in [-0.15, -0.1) is 0 Å². The second kappa shape index (κ2) is 4.47. The predicted octanol–water partition coefficient (Wildman–Crippen LogP) is 0.662. The molecular weight excluding hydrogens is 206 g/mol. The zero-order chi connectivity index (χ0) is 11.5. The Kier molecular flexibility index (Phi) is 3.03. The molecule has 1 aromatic heterocycles. The molecule has 0 aromatic carbocycles. The summed E-state index contributed by atoms with van der Waals surface area (Å²) in [5, 5.41) is 2.93. The number of imidazole rings is 1. The Morgan fingerprint density at radius 3 is 2.75 bits per heavy atom. The van der Waals surface area contributed by atoms with Crippen molar-refractivity contribution >= 4 is 11.7 Å². The second-order valence-corrected chi connectivity index (χ2v) is 4.18. The van der Waals surface area contributed by atoms with E-state index in [1.165, 1.54) is 0 Å². The average Bonchev–Trinajstić information content (AvgIpc) is 2.68. The first-order valence-electron chi connectivity index (χ1n) is 5.45. The number of nitrogens with one attached hydrogen (secondary N) is 1. The van der Waals surface area contributed by atoms with Gasteiger partial charge in [-0.05, 0) is 12.8 Å². The quantitative estimate of drug-likeness (QED) is 0.798. The molecule has 0 spiro atoms. The van der Waals surface area contributed by atoms with E-state index < -0.39 is 0 Å². The maximum Gasteiger partial charge on any atom is 0.269 e. The van der Waals surface area contributed by atoms with Gasteiger partial charge < -0.3 is 9.88 Å². The highest BCUT2D eigenvalue weighted by molar-refractivity contribution is 5.92. The van der Waals surface area contributed by atoms with E-state index >= 15 is 0 Å². The number of carbonyl (C=O) groups is 2. The second-order valence-electron chi connectivity index (χ2n) is 4.18. The topological polar surface area (TPSA) is 64.0 Å². The van der Waals surface area contributed by atoms with Gasteiger partial charge in [0, 0.05) is 25.9 Å². The SMILES string of the molecule is Cn1cncc1C(=O)NC1CCC(=O)CC1. The van der Waals surface area contributed by atoms with Gasteiger partial charge in [-0.1, -0.05) is 0 Å². The zero-order valence-electron chi connectivity index (χ0n) is 9.27. The van der Waals surface area contributed by atoms with Gasteiger partial charge in [-0.2, -0.15) is 0 Å². The summed E-state index contributed by atoms with van der Waals surface area (Å²) in [6.07, 6.45) is 5.81. The van der Waals surface area contributed by atoms with Crippen LogP contribution >= 0.6 is 0 Å². The summed E-state index contributed by atoms with van der Waals surface area (Å²) in [5.74, 6) is 0.186. The number of amides is 1. The lowest BCUT2D eigenvalue weighted by Gasteiger charge is -2.22. The largest absolute Gasteiger partial charge is 0.348 e. The first-order chi connectivity index (χ1) is 7.66. The van der Waals surface area contributed by atoms with E-state index in [1.54, 1.807) is 24.1 Å². The summed E-state index contributed by atoms with van der Waals surface area (Å²) < 4.78 is 1.68. The summed E-state index contributed by atoms with van der Waals surface area (Å²) in [7, 11) is 1.78. The minimum Gasteiger partial charge on any atom is -0.348 e. The van der Waals surface area contributed by atoms with E-state index in [1.807, 2.05) is 0 Å². The van der Waals surface area contributed by atoms with Crippen LogP contribution in [-0.4, -0.2) is 27.3 Å². The Morgan fingerprint density at radius 1 is 1.50 bits per heavy atom. The lowest BCUT2D eigenvalue weighted by molar-refractivity contribution is -0.120. The lowest BCUT2D eigenvalue weighted by atomic mass is 9.94. The third-order valence-electron chi connectivity index (χ3n) is 2.93. The van der Waals surface area contributed by atoms with Crippen LogP contribution in [-0.2, 0) is 11.8 Å². The van der Waals surface area contributed by atoms with Crippen LogP contribution in [0.15, 0.2) is 12.5 Å². The van der Waals surface area contributed by atoms with E-state index in [9.17, 15) is 9.59 Å². The number of nitrogens with zero attached hydrogens (tertiary/aromatic N) is 2. The minimum atomic E-state index is -0.112. The molecule has 0 atom stereocenters. The van der Waals surface area contributed by atoms with Gasteiger partial charge in [-0.3, -0.25) is 9.59 Å². The summed E-state index contributed by atoms with van der Waals surface area (Å²) >= 11 is 0. The van der Waals surface area contributed by atoms with Crippen LogP contribution in [0, 0.1) is 0 Å². The summed E-state index contributed by atoms with van der Waals surface area (Å²) in [6, 6.07) is 0.125. The summed E-state index contributed by atoms with van der Waals surface area (Å²) in [5.41, 5.74) is 0.553. The number of aryl methyl sites for hydroxylation is 1. The number of rotatable bonds is 2. The maximum atomic E-state index is 11.8. The van der Waals surface area contributed by atoms with Crippen molar-refractivity contribution in [3.05, 3.63) is 18.2 Å². The molecule has 0 unspecified atom stereocenters. The molecule has 0 radical (unpaired) electrons. The van der Waals surface area contributed by atoms with Gasteiger partial charge in [0.05, 0.1) is 12.5 Å². The molecule has 0 bridgehead atoms. The molecule has 1 heterocycles. The monoisotopic (exact) mass is 221 g/mol. The van der Waals surface area contributed by atoms with Crippen LogP contribution in [0.1, 0.15) is 36.2 Å². The van der Waals surface area contributed by atoms with E-state index in [0.717, 1.165) is 12.8 Å². The Balaban J connectivity index is 1.93. The Hall–Kier alpha value is -1.65. The zero-order valence-corrected chi connectivity index (χ0v) is 9.27. The highest BCUT2D eigenvalue weighted by Gasteiger charge is 2.21. The standard InChI is InChI=1S/C11H15N3O2/c1-14-7-12-6-10(14)11(16)13-8-2-4-9(15)5-3-8/h6-8H,2-5H2,1H3,(H,13,16). The fourth-order valence-electron chi connectivity index (χ4n) is 1.92. The molecule has 1 N–H and O–H groups in total. The van der Waals surface area contributed by atoms with Gasteiger partial charge in [0.2, 0.25) is 0 Å². The highest BCUT2D eigenvalue weighted by atomic mass is 16.2. The van der Waals surface area contributed by atoms with Crippen molar-refractivity contribution in [2.24, 2.45) is 7.05 Å². The molecule has 0 aliphatic heterocycles. The minimum absolute atomic E-state index is 0.112. The van der Waals surface area contributed by atoms with Crippen LogP contribution in [0.25, 0.3) is 0 Å². The molecule has 1 aromatic rings. The number of ketones is 1. The van der Waals surface area contributed by atoms with Crippen molar-refractivity contribution in [3.8, 4) is 0 Å². The Bertz CT molecular complexity index is 401. The normalized spacial score (nSPS) is 17.4. The van der Waals surface area contributed by atoms with Crippen molar-refractivity contribution in [1.29, 1.82) is 0 Å². The predicted molar refractivity (Wildman–Crippen MR) is 57.9 cm³/mol. The Labute approximate surface area is 93.9 Å². The van der Waals surface area contributed by atoms with E-state index in [4.69, 9.17) is 0 Å². The first kappa shape index (κ1) is 10.9. The summed E-state index contributed by atoms with van der Waals surface area (Å²) in [6.45, 7) is 0. The maximum absolute atomic E-state index is 11.8. The van der Waals surface area contributed by atoms with Gasteiger partial charge in [-0.25, -0.2) is 4.98 Å². The number of hydrogen-bond donors (Lipinski definition) is 1. The third kappa shape index (κ3) is 2.29. The van der Waals surface area contributed by atoms with Crippen molar-refractivity contribution in [3.63, 3.8) is 0 Å². The molecule has 1 amide bonds. The Morgan fingerprint density at radius 2 is 2.19 bits per heavy atom. The molecule has 16 heavy (non-hydrogen) atoms. The molecule has 86 valence electrons. The smallest absolute Gasteiger partial charge is 0.269 e. The van der Waals surface area contributed by atoms with Crippen LogP contribution in [0.5, 0.6) is 0 Å². The molecule has 5 nitrogen and oxygen atoms in total. The van der Waals surface area contributed by atoms with Crippen molar-refractivity contribution < 1.29 is 9.59 Å². The molecule has 1 aliphatic carbocycles. The summed E-state index contributed by atoms with van der Waals surface area (Å²) in [4.78, 5) is 26.8. The fourth-order valence-corrected chi connectivity index (χ4v) is 1.92. The number of Topliss-reactive ketones (excluding diaryl/α,β-unsaturated/α-hetero) is 1. The number of aromatic nitrogens is 2. The molecular formula is C11H15N3O2. The fraction of sp³-hybridized carbons (Fsp3) is 0.545. The van der Waals surface area contributed by atoms with Crippen LogP contribution < -0.4 is 5.32 Å². The van der Waals surface area contributed by atoms with Crippen molar-refractivity contribution in [2.75, 3.05) is 0 Å². The van der Waals surface area contributed by atoms with Gasteiger partial charge >= 0.3 is 0 Å². The van der Waals surface area contributed by atoms with Crippen LogP contribution in [0.4, 0.5) is 0 Å². The van der Waals surface area contributed by atoms with Gasteiger partial charge in [0.1, 0.15) is 11.5 Å². The third-order valence-corrected chi connectivity index (χ3v) is 2.93. The molecule has 5 heteroatoms. The van der Waals surface area contributed by atoms with Gasteiger partial charge in [0.15, 0.2) is 0 Å². The molecule has 1 saturated carbocycles. The first-order valence-corrected chi connectivity index (χ1v) is 5.45. The van der Waals surface area contributed by atoms with Crippen LogP contribution in [0.2, 0.25) is 0 Å². The number of carbonyl (C=O) groups excluding carboxylic acids is 2.